The summed E-state index contributed by atoms with van der Waals surface area (Å²) in [5, 5.41) is 9.11. The summed E-state index contributed by atoms with van der Waals surface area (Å²) in [6, 6.07) is 6.30. The minimum absolute atomic E-state index is 0.0522. The lowest BCUT2D eigenvalue weighted by Gasteiger charge is -2.27. The Hall–Kier alpha value is -3.17. The lowest BCUT2D eigenvalue weighted by molar-refractivity contribution is -0.00194. The number of halogens is 2. The van der Waals surface area contributed by atoms with E-state index in [4.69, 9.17) is 20.9 Å². The molecule has 4 heterocycles. The second kappa shape index (κ2) is 8.49. The highest BCUT2D eigenvalue weighted by Gasteiger charge is 2.34. The van der Waals surface area contributed by atoms with Crippen LogP contribution in [0, 0.1) is 19.7 Å². The maximum absolute atomic E-state index is 15.0. The van der Waals surface area contributed by atoms with Gasteiger partial charge in [-0.3, -0.25) is 4.79 Å². The summed E-state index contributed by atoms with van der Waals surface area (Å²) in [6.07, 6.45) is 3.06. The summed E-state index contributed by atoms with van der Waals surface area (Å²) in [5.41, 5.74) is 2.56. The molecule has 10 heteroatoms. The van der Waals surface area contributed by atoms with Crippen molar-refractivity contribution in [3.63, 3.8) is 0 Å². The van der Waals surface area contributed by atoms with Crippen molar-refractivity contribution in [1.82, 2.24) is 24.7 Å². The van der Waals surface area contributed by atoms with E-state index in [9.17, 15) is 4.79 Å². The van der Waals surface area contributed by atoms with Crippen LogP contribution in [-0.2, 0) is 4.74 Å². The molecule has 2 atom stereocenters. The van der Waals surface area contributed by atoms with Crippen LogP contribution in [0.4, 0.5) is 4.39 Å². The molecule has 0 radical (unpaired) electrons. The Morgan fingerprint density at radius 3 is 2.69 bits per heavy atom. The van der Waals surface area contributed by atoms with Crippen LogP contribution in [0.1, 0.15) is 72.3 Å². The van der Waals surface area contributed by atoms with Crippen LogP contribution in [0.2, 0.25) is 5.02 Å². The first-order valence-corrected chi connectivity index (χ1v) is 12.1. The third kappa shape index (κ3) is 4.02. The summed E-state index contributed by atoms with van der Waals surface area (Å²) in [5.74, 6) is 1.02. The van der Waals surface area contributed by atoms with E-state index in [1.807, 2.05) is 6.07 Å². The van der Waals surface area contributed by atoms with Crippen molar-refractivity contribution in [3.8, 4) is 11.1 Å². The number of hydrogen-bond acceptors (Lipinski definition) is 7. The van der Waals surface area contributed by atoms with Crippen LogP contribution < -0.4 is 5.56 Å². The van der Waals surface area contributed by atoms with Crippen LogP contribution in [0.5, 0.6) is 0 Å². The van der Waals surface area contributed by atoms with Gasteiger partial charge in [-0.15, -0.1) is 0 Å². The lowest BCUT2D eigenvalue weighted by Crippen LogP contribution is -2.26. The molecule has 1 aliphatic heterocycles. The fraction of sp³-hybridized carbons (Fsp3) is 0.400. The van der Waals surface area contributed by atoms with Crippen molar-refractivity contribution in [2.75, 3.05) is 6.61 Å². The second-order valence-electron chi connectivity index (χ2n) is 9.32. The van der Waals surface area contributed by atoms with Crippen molar-refractivity contribution in [2.45, 2.75) is 57.5 Å². The Morgan fingerprint density at radius 1 is 1.09 bits per heavy atom. The molecular weight excluding hydrogens is 473 g/mol. The molecule has 1 saturated heterocycles. The average molecular weight is 496 g/mol. The molecule has 180 valence electrons. The summed E-state index contributed by atoms with van der Waals surface area (Å²) >= 11 is 5.99. The molecule has 6 rings (SSSR count). The number of aryl methyl sites for hydroxylation is 1. The Labute approximate surface area is 205 Å². The third-order valence-corrected chi connectivity index (χ3v) is 7.11. The molecule has 1 aromatic carbocycles. The topological polar surface area (TPSA) is 95.4 Å². The molecule has 8 nitrogen and oxygen atoms in total. The monoisotopic (exact) mass is 495 g/mol. The Kier molecular flexibility index (Phi) is 5.41. The molecule has 35 heavy (non-hydrogen) atoms. The molecule has 4 aromatic rings. The Balaban J connectivity index is 1.45. The number of hydrogen-bond donors (Lipinski definition) is 0. The van der Waals surface area contributed by atoms with Gasteiger partial charge in [-0.1, -0.05) is 16.8 Å². The van der Waals surface area contributed by atoms with Crippen LogP contribution in [-0.4, -0.2) is 31.3 Å². The number of aromatic nitrogens is 5. The van der Waals surface area contributed by atoms with E-state index in [1.165, 1.54) is 10.6 Å². The summed E-state index contributed by atoms with van der Waals surface area (Å²) in [4.78, 5) is 22.3. The number of rotatable bonds is 4. The normalized spacial score (nSPS) is 20.5. The van der Waals surface area contributed by atoms with Gasteiger partial charge >= 0.3 is 0 Å². The second-order valence-corrected chi connectivity index (χ2v) is 9.75. The largest absolute Gasteiger partial charge is 0.370 e. The van der Waals surface area contributed by atoms with E-state index in [2.05, 4.69) is 20.2 Å². The molecular formula is C25H23ClFN5O3. The lowest BCUT2D eigenvalue weighted by atomic mass is 9.90. The minimum Gasteiger partial charge on any atom is -0.370 e. The molecule has 0 unspecified atom stereocenters. The number of nitrogens with zero attached hydrogens (tertiary/aromatic N) is 5. The van der Waals surface area contributed by atoms with Gasteiger partial charge in [0.15, 0.2) is 5.65 Å². The molecule has 2 aliphatic rings. The van der Waals surface area contributed by atoms with E-state index < -0.39 is 5.82 Å². The Bertz CT molecular complexity index is 1510. The van der Waals surface area contributed by atoms with Crippen molar-refractivity contribution in [2.24, 2.45) is 0 Å². The van der Waals surface area contributed by atoms with E-state index in [-0.39, 0.29) is 17.6 Å². The van der Waals surface area contributed by atoms with Crippen LogP contribution in [0.15, 0.2) is 33.6 Å². The highest BCUT2D eigenvalue weighted by Crippen LogP contribution is 2.41. The summed E-state index contributed by atoms with van der Waals surface area (Å²) in [7, 11) is 0. The zero-order chi connectivity index (χ0) is 24.3. The first kappa shape index (κ1) is 22.3. The van der Waals surface area contributed by atoms with E-state index in [0.29, 0.717) is 75.8 Å². The minimum atomic E-state index is -0.492. The van der Waals surface area contributed by atoms with Gasteiger partial charge in [-0.05, 0) is 63.8 Å². The molecule has 1 saturated carbocycles. The predicted octanol–water partition coefficient (Wildman–Crippen LogP) is 5.06. The Morgan fingerprint density at radius 2 is 1.91 bits per heavy atom. The van der Waals surface area contributed by atoms with Crippen molar-refractivity contribution in [1.29, 1.82) is 0 Å². The van der Waals surface area contributed by atoms with E-state index >= 15 is 4.39 Å². The standard InChI is InChI=1S/C25H23ClFN5O3/c1-12-13(2)28-23-18(17-6-5-16(26)10-19(17)27)11-20(30-32(23)25(12)33)15-7-8-34-21(9-15)22-29-24(35-31-22)14-3-4-14/h5-6,10-11,14-15,21H,3-4,7-9H2,1-2H3/t15-,21+/m1/s1. The van der Waals surface area contributed by atoms with Gasteiger partial charge in [-0.2, -0.15) is 14.6 Å². The molecule has 0 N–H and O–H groups in total. The number of ether oxygens (including phenoxy) is 1. The number of benzene rings is 1. The van der Waals surface area contributed by atoms with Crippen molar-refractivity contribution < 1.29 is 13.7 Å². The molecule has 0 bridgehead atoms. The van der Waals surface area contributed by atoms with Crippen LogP contribution in [0.25, 0.3) is 16.8 Å². The maximum Gasteiger partial charge on any atom is 0.277 e. The predicted molar refractivity (Wildman–Crippen MR) is 126 cm³/mol. The zero-order valence-electron chi connectivity index (χ0n) is 19.3. The van der Waals surface area contributed by atoms with Crippen molar-refractivity contribution >= 4 is 17.2 Å². The first-order chi connectivity index (χ1) is 16.9. The maximum atomic E-state index is 15.0. The molecule has 0 spiro atoms. The van der Waals surface area contributed by atoms with Gasteiger partial charge in [0.25, 0.3) is 5.56 Å². The molecule has 1 aliphatic carbocycles. The first-order valence-electron chi connectivity index (χ1n) is 11.7. The van der Waals surface area contributed by atoms with E-state index in [1.54, 1.807) is 26.0 Å². The highest BCUT2D eigenvalue weighted by molar-refractivity contribution is 6.30. The van der Waals surface area contributed by atoms with Crippen molar-refractivity contribution in [3.05, 3.63) is 74.1 Å². The zero-order valence-corrected chi connectivity index (χ0v) is 20.0. The summed E-state index contributed by atoms with van der Waals surface area (Å²) in [6.45, 7) is 3.95. The van der Waals surface area contributed by atoms with Gasteiger partial charge in [-0.25, -0.2) is 9.37 Å². The summed E-state index contributed by atoms with van der Waals surface area (Å²) < 4.78 is 27.7. The number of fused-ring (bicyclic) bond motifs is 1. The van der Waals surface area contributed by atoms with Gasteiger partial charge in [0, 0.05) is 45.8 Å². The van der Waals surface area contributed by atoms with Gasteiger partial charge in [0.1, 0.15) is 11.9 Å². The fourth-order valence-electron chi connectivity index (χ4n) is 4.55. The van der Waals surface area contributed by atoms with Crippen LogP contribution in [0.3, 0.4) is 0 Å². The van der Waals surface area contributed by atoms with E-state index in [0.717, 1.165) is 12.8 Å². The quantitative estimate of drug-likeness (QED) is 0.390. The van der Waals surface area contributed by atoms with Crippen LogP contribution >= 0.6 is 11.6 Å². The van der Waals surface area contributed by atoms with Gasteiger partial charge in [0.2, 0.25) is 11.7 Å². The molecule has 3 aromatic heterocycles. The SMILES string of the molecule is Cc1nc2c(-c3ccc(Cl)cc3F)cc([C@@H]3CCO[C@H](c4noc(C5CC5)n4)C3)nn2c(=O)c1C. The average Bonchev–Trinajstić information content (AvgIpc) is 3.59. The highest BCUT2D eigenvalue weighted by atomic mass is 35.5. The third-order valence-electron chi connectivity index (χ3n) is 6.87. The fourth-order valence-corrected chi connectivity index (χ4v) is 4.71. The molecule has 2 fully saturated rings. The van der Waals surface area contributed by atoms with Gasteiger partial charge in [0.05, 0.1) is 5.69 Å². The smallest absolute Gasteiger partial charge is 0.277 e. The molecule has 0 amide bonds. The van der Waals surface area contributed by atoms with Gasteiger partial charge < -0.3 is 9.26 Å².